The molecule has 0 aliphatic rings. The Morgan fingerprint density at radius 3 is 2.82 bits per heavy atom. The Morgan fingerprint density at radius 1 is 1.35 bits per heavy atom. The topological polar surface area (TPSA) is 57.8 Å². The summed E-state index contributed by atoms with van der Waals surface area (Å²) in [6.07, 6.45) is 1.27. The summed E-state index contributed by atoms with van der Waals surface area (Å²) in [5.41, 5.74) is 0.215. The summed E-state index contributed by atoms with van der Waals surface area (Å²) in [4.78, 5) is 17.6. The quantitative estimate of drug-likeness (QED) is 0.882. The Hall–Kier alpha value is -1.04. The van der Waals surface area contributed by atoms with Gasteiger partial charge in [-0.1, -0.05) is 39.1 Å². The zero-order chi connectivity index (χ0) is 12.4. The molecule has 0 aliphatic carbocycles. The molecule has 2 rings (SSSR count). The van der Waals surface area contributed by atoms with Gasteiger partial charge in [0, 0.05) is 4.47 Å². The van der Waals surface area contributed by atoms with Crippen LogP contribution in [-0.2, 0) is 0 Å². The number of benzene rings is 1. The highest BCUT2D eigenvalue weighted by Crippen LogP contribution is 2.28. The van der Waals surface area contributed by atoms with E-state index in [1.165, 1.54) is 6.33 Å². The Labute approximate surface area is 115 Å². The van der Waals surface area contributed by atoms with Crippen molar-refractivity contribution in [1.82, 2.24) is 9.97 Å². The Balaban J connectivity index is 2.38. The van der Waals surface area contributed by atoms with Crippen LogP contribution in [-0.4, -0.2) is 9.97 Å². The van der Waals surface area contributed by atoms with E-state index in [0.717, 1.165) is 4.47 Å². The smallest absolute Gasteiger partial charge is 0.271 e. The second kappa shape index (κ2) is 5.08. The zero-order valence-corrected chi connectivity index (χ0v) is 11.4. The normalized spacial score (nSPS) is 10.3. The largest absolute Gasteiger partial charge is 0.338 e. The molecule has 0 atom stereocenters. The molecule has 0 fully saturated rings. The molecule has 4 nitrogen and oxygen atoms in total. The summed E-state index contributed by atoms with van der Waals surface area (Å²) in [5.74, 6) is 0.264. The minimum Gasteiger partial charge on any atom is -0.338 e. The lowest BCUT2D eigenvalue weighted by Crippen LogP contribution is -2.09. The Kier molecular flexibility index (Phi) is 3.71. The first kappa shape index (κ1) is 12.4. The number of nitrogens with zero attached hydrogens (tertiary/aromatic N) is 1. The highest BCUT2D eigenvalue weighted by Gasteiger charge is 2.08. The van der Waals surface area contributed by atoms with Crippen LogP contribution in [0.25, 0.3) is 0 Å². The van der Waals surface area contributed by atoms with Crippen LogP contribution >= 0.6 is 39.1 Å². The van der Waals surface area contributed by atoms with E-state index in [2.05, 4.69) is 31.2 Å². The highest BCUT2D eigenvalue weighted by molar-refractivity contribution is 9.10. The van der Waals surface area contributed by atoms with Crippen LogP contribution in [0.1, 0.15) is 0 Å². The van der Waals surface area contributed by atoms with Crippen molar-refractivity contribution < 1.29 is 0 Å². The number of aromatic amines is 1. The van der Waals surface area contributed by atoms with E-state index in [1.807, 2.05) is 6.07 Å². The zero-order valence-electron chi connectivity index (χ0n) is 8.30. The molecule has 17 heavy (non-hydrogen) atoms. The number of rotatable bonds is 2. The predicted octanol–water partition coefficient (Wildman–Crippen LogP) is 3.58. The molecule has 0 saturated heterocycles. The molecule has 2 aromatic rings. The van der Waals surface area contributed by atoms with E-state index in [9.17, 15) is 4.79 Å². The van der Waals surface area contributed by atoms with Crippen molar-refractivity contribution in [3.05, 3.63) is 49.4 Å². The van der Waals surface area contributed by atoms with Gasteiger partial charge in [-0.15, -0.1) is 0 Å². The van der Waals surface area contributed by atoms with Crippen molar-refractivity contribution in [2.75, 3.05) is 5.32 Å². The van der Waals surface area contributed by atoms with Gasteiger partial charge in [0.05, 0.1) is 17.0 Å². The number of nitrogens with one attached hydrogen (secondary N) is 2. The van der Waals surface area contributed by atoms with Gasteiger partial charge in [-0.05, 0) is 18.2 Å². The second-order valence-corrected chi connectivity index (χ2v) is 4.84. The maximum atomic E-state index is 11.3. The minimum atomic E-state index is -0.405. The van der Waals surface area contributed by atoms with Crippen LogP contribution in [0.4, 0.5) is 11.5 Å². The van der Waals surface area contributed by atoms with Gasteiger partial charge in [-0.2, -0.15) is 0 Å². The maximum absolute atomic E-state index is 11.3. The van der Waals surface area contributed by atoms with E-state index in [-0.39, 0.29) is 10.8 Å². The van der Waals surface area contributed by atoms with Crippen molar-refractivity contribution in [1.29, 1.82) is 0 Å². The number of H-pyrrole nitrogens is 1. The molecule has 0 aliphatic heterocycles. The first-order valence-corrected chi connectivity index (χ1v) is 6.08. The van der Waals surface area contributed by atoms with E-state index in [1.54, 1.807) is 12.1 Å². The minimum absolute atomic E-state index is 0.00788. The monoisotopic (exact) mass is 333 g/mol. The van der Waals surface area contributed by atoms with Gasteiger partial charge in [0.15, 0.2) is 5.82 Å². The first-order chi connectivity index (χ1) is 8.08. The van der Waals surface area contributed by atoms with Crippen LogP contribution in [0.5, 0.6) is 0 Å². The molecule has 0 radical (unpaired) electrons. The van der Waals surface area contributed by atoms with Crippen LogP contribution in [0.2, 0.25) is 10.0 Å². The van der Waals surface area contributed by atoms with Gasteiger partial charge < -0.3 is 10.3 Å². The number of anilines is 2. The lowest BCUT2D eigenvalue weighted by Gasteiger charge is -2.08. The van der Waals surface area contributed by atoms with Crippen molar-refractivity contribution in [3.8, 4) is 0 Å². The molecule has 88 valence electrons. The van der Waals surface area contributed by atoms with Gasteiger partial charge in [0.1, 0.15) is 5.02 Å². The molecular weight excluding hydrogens is 329 g/mol. The summed E-state index contributed by atoms with van der Waals surface area (Å²) in [5, 5.41) is 3.38. The fourth-order valence-corrected chi connectivity index (χ4v) is 2.06. The van der Waals surface area contributed by atoms with Crippen molar-refractivity contribution in [2.24, 2.45) is 0 Å². The fourth-order valence-electron chi connectivity index (χ4n) is 1.19. The molecule has 0 bridgehead atoms. The van der Waals surface area contributed by atoms with Gasteiger partial charge in [-0.3, -0.25) is 4.79 Å². The first-order valence-electron chi connectivity index (χ1n) is 4.53. The third kappa shape index (κ3) is 2.80. The van der Waals surface area contributed by atoms with Crippen LogP contribution in [0.3, 0.4) is 0 Å². The summed E-state index contributed by atoms with van der Waals surface area (Å²) in [6.45, 7) is 0. The second-order valence-electron chi connectivity index (χ2n) is 3.14. The SMILES string of the molecule is O=c1[nH]cnc(Nc2ccc(Br)cc2Cl)c1Cl. The molecular formula is C10H6BrCl2N3O. The third-order valence-electron chi connectivity index (χ3n) is 1.98. The summed E-state index contributed by atoms with van der Waals surface area (Å²) >= 11 is 15.1. The van der Waals surface area contributed by atoms with Gasteiger partial charge in [0.2, 0.25) is 0 Å². The van der Waals surface area contributed by atoms with Crippen LogP contribution < -0.4 is 10.9 Å². The summed E-state index contributed by atoms with van der Waals surface area (Å²) in [7, 11) is 0. The average molecular weight is 335 g/mol. The highest BCUT2D eigenvalue weighted by atomic mass is 79.9. The molecule has 1 heterocycles. The lowest BCUT2D eigenvalue weighted by molar-refractivity contribution is 1.12. The lowest BCUT2D eigenvalue weighted by atomic mass is 10.3. The third-order valence-corrected chi connectivity index (χ3v) is 3.14. The number of hydrogen-bond donors (Lipinski definition) is 2. The molecule has 0 amide bonds. The molecule has 1 aromatic carbocycles. The maximum Gasteiger partial charge on any atom is 0.271 e. The van der Waals surface area contributed by atoms with Gasteiger partial charge in [-0.25, -0.2) is 4.98 Å². The number of hydrogen-bond acceptors (Lipinski definition) is 3. The van der Waals surface area contributed by atoms with Gasteiger partial charge in [0.25, 0.3) is 5.56 Å². The molecule has 2 N–H and O–H groups in total. The van der Waals surface area contributed by atoms with E-state index >= 15 is 0 Å². The van der Waals surface area contributed by atoms with E-state index in [4.69, 9.17) is 23.2 Å². The van der Waals surface area contributed by atoms with Crippen molar-refractivity contribution in [3.63, 3.8) is 0 Å². The number of aromatic nitrogens is 2. The molecule has 0 unspecified atom stereocenters. The number of halogens is 3. The standard InChI is InChI=1S/C10H6BrCl2N3O/c11-5-1-2-7(6(12)3-5)16-9-8(13)10(17)15-4-14-9/h1-4H,(H2,14,15,16,17). The molecule has 1 aromatic heterocycles. The Morgan fingerprint density at radius 2 is 2.12 bits per heavy atom. The fraction of sp³-hybridized carbons (Fsp3) is 0. The van der Waals surface area contributed by atoms with Crippen LogP contribution in [0.15, 0.2) is 33.8 Å². The van der Waals surface area contributed by atoms with Crippen LogP contribution in [0, 0.1) is 0 Å². The summed E-state index contributed by atoms with van der Waals surface area (Å²) < 4.78 is 0.859. The Bertz CT molecular complexity index is 615. The van der Waals surface area contributed by atoms with Crippen molar-refractivity contribution in [2.45, 2.75) is 0 Å². The predicted molar refractivity (Wildman–Crippen MR) is 72.3 cm³/mol. The van der Waals surface area contributed by atoms with Crippen molar-refractivity contribution >= 4 is 50.6 Å². The van der Waals surface area contributed by atoms with E-state index < -0.39 is 5.56 Å². The summed E-state index contributed by atoms with van der Waals surface area (Å²) in [6, 6.07) is 5.30. The molecule has 0 spiro atoms. The molecule has 7 heteroatoms. The average Bonchev–Trinajstić information content (AvgIpc) is 2.28. The molecule has 0 saturated carbocycles. The van der Waals surface area contributed by atoms with Gasteiger partial charge >= 0.3 is 0 Å². The van der Waals surface area contributed by atoms with E-state index in [0.29, 0.717) is 10.7 Å².